The quantitative estimate of drug-likeness (QED) is 0.859. The van der Waals surface area contributed by atoms with Crippen LogP contribution in [0.1, 0.15) is 35.9 Å². The summed E-state index contributed by atoms with van der Waals surface area (Å²) in [6.45, 7) is 3.21. The molecule has 0 N–H and O–H groups in total. The van der Waals surface area contributed by atoms with Crippen LogP contribution in [-0.2, 0) is 6.54 Å². The zero-order valence-corrected chi connectivity index (χ0v) is 11.3. The first-order valence-corrected chi connectivity index (χ1v) is 6.74. The molecule has 1 saturated heterocycles. The highest BCUT2D eigenvalue weighted by molar-refractivity contribution is 5.19. The SMILES string of the molecule is Cc1cc([C@H]2CCCN2Cc2ccc(F)cc2F)on1. The van der Waals surface area contributed by atoms with E-state index in [1.165, 1.54) is 12.1 Å². The average molecular weight is 278 g/mol. The van der Waals surface area contributed by atoms with Gasteiger partial charge in [0.25, 0.3) is 0 Å². The van der Waals surface area contributed by atoms with E-state index in [4.69, 9.17) is 4.52 Å². The van der Waals surface area contributed by atoms with Crippen LogP contribution < -0.4 is 0 Å². The lowest BCUT2D eigenvalue weighted by Crippen LogP contribution is -2.23. The minimum Gasteiger partial charge on any atom is -0.359 e. The summed E-state index contributed by atoms with van der Waals surface area (Å²) in [6.07, 6.45) is 2.00. The Morgan fingerprint density at radius 1 is 1.35 bits per heavy atom. The summed E-state index contributed by atoms with van der Waals surface area (Å²) in [7, 11) is 0. The number of halogens is 2. The summed E-state index contributed by atoms with van der Waals surface area (Å²) in [4.78, 5) is 2.15. The molecule has 0 aliphatic carbocycles. The van der Waals surface area contributed by atoms with Crippen molar-refractivity contribution in [2.75, 3.05) is 6.54 Å². The lowest BCUT2D eigenvalue weighted by atomic mass is 10.1. The Hall–Kier alpha value is -1.75. The van der Waals surface area contributed by atoms with Crippen molar-refractivity contribution in [1.82, 2.24) is 10.1 Å². The molecule has 5 heteroatoms. The fourth-order valence-electron chi connectivity index (χ4n) is 2.75. The van der Waals surface area contributed by atoms with Crippen molar-refractivity contribution < 1.29 is 13.3 Å². The summed E-state index contributed by atoms with van der Waals surface area (Å²) >= 11 is 0. The molecule has 1 aromatic heterocycles. The predicted octanol–water partition coefficient (Wildman–Crippen LogP) is 3.60. The van der Waals surface area contributed by atoms with E-state index in [-0.39, 0.29) is 6.04 Å². The van der Waals surface area contributed by atoms with Gasteiger partial charge in [0.05, 0.1) is 11.7 Å². The maximum Gasteiger partial charge on any atom is 0.154 e. The smallest absolute Gasteiger partial charge is 0.154 e. The second-order valence-corrected chi connectivity index (χ2v) is 5.23. The van der Waals surface area contributed by atoms with Gasteiger partial charge in [0.2, 0.25) is 0 Å². The van der Waals surface area contributed by atoms with Gasteiger partial charge >= 0.3 is 0 Å². The van der Waals surface area contributed by atoms with Gasteiger partial charge < -0.3 is 4.52 Å². The third-order valence-corrected chi connectivity index (χ3v) is 3.73. The van der Waals surface area contributed by atoms with Gasteiger partial charge in [-0.25, -0.2) is 8.78 Å². The van der Waals surface area contributed by atoms with Crippen molar-refractivity contribution in [3.05, 3.63) is 52.9 Å². The molecule has 1 aliphatic heterocycles. The molecule has 2 heterocycles. The molecule has 3 rings (SSSR count). The number of benzene rings is 1. The van der Waals surface area contributed by atoms with Crippen LogP contribution in [0.4, 0.5) is 8.78 Å². The van der Waals surface area contributed by atoms with Gasteiger partial charge in [-0.2, -0.15) is 0 Å². The van der Waals surface area contributed by atoms with Crippen LogP contribution in [0.2, 0.25) is 0 Å². The number of hydrogen-bond donors (Lipinski definition) is 0. The van der Waals surface area contributed by atoms with Crippen molar-refractivity contribution in [2.45, 2.75) is 32.4 Å². The van der Waals surface area contributed by atoms with Crippen LogP contribution in [0.5, 0.6) is 0 Å². The average Bonchev–Trinajstić information content (AvgIpc) is 3.01. The zero-order valence-electron chi connectivity index (χ0n) is 11.3. The third-order valence-electron chi connectivity index (χ3n) is 3.73. The van der Waals surface area contributed by atoms with E-state index in [0.29, 0.717) is 12.1 Å². The molecule has 1 atom stereocenters. The van der Waals surface area contributed by atoms with Gasteiger partial charge in [0.1, 0.15) is 11.6 Å². The molecule has 0 amide bonds. The van der Waals surface area contributed by atoms with Gasteiger partial charge in [-0.15, -0.1) is 0 Å². The first kappa shape index (κ1) is 13.2. The van der Waals surface area contributed by atoms with Gasteiger partial charge in [0.15, 0.2) is 5.76 Å². The van der Waals surface area contributed by atoms with E-state index in [9.17, 15) is 8.78 Å². The Labute approximate surface area is 116 Å². The Morgan fingerprint density at radius 3 is 2.90 bits per heavy atom. The van der Waals surface area contributed by atoms with Crippen LogP contribution in [0.3, 0.4) is 0 Å². The van der Waals surface area contributed by atoms with Crippen LogP contribution in [0.15, 0.2) is 28.8 Å². The Balaban J connectivity index is 1.79. The number of likely N-dealkylation sites (tertiary alicyclic amines) is 1. The Kier molecular flexibility index (Phi) is 3.53. The first-order chi connectivity index (χ1) is 9.63. The van der Waals surface area contributed by atoms with Crippen LogP contribution in [-0.4, -0.2) is 16.6 Å². The molecule has 20 heavy (non-hydrogen) atoms. The van der Waals surface area contributed by atoms with Crippen molar-refractivity contribution >= 4 is 0 Å². The van der Waals surface area contributed by atoms with E-state index in [2.05, 4.69) is 10.1 Å². The van der Waals surface area contributed by atoms with Gasteiger partial charge in [-0.3, -0.25) is 4.90 Å². The maximum atomic E-state index is 13.7. The molecule has 0 unspecified atom stereocenters. The lowest BCUT2D eigenvalue weighted by molar-refractivity contribution is 0.204. The molecule has 0 bridgehead atoms. The van der Waals surface area contributed by atoms with E-state index < -0.39 is 11.6 Å². The number of nitrogens with zero attached hydrogens (tertiary/aromatic N) is 2. The normalized spacial score (nSPS) is 19.6. The van der Waals surface area contributed by atoms with Crippen molar-refractivity contribution in [3.63, 3.8) is 0 Å². The highest BCUT2D eigenvalue weighted by Crippen LogP contribution is 2.33. The molecule has 3 nitrogen and oxygen atoms in total. The minimum absolute atomic E-state index is 0.126. The van der Waals surface area contributed by atoms with Gasteiger partial charge in [0, 0.05) is 24.2 Å². The molecule has 1 aliphatic rings. The number of rotatable bonds is 3. The minimum atomic E-state index is -0.546. The molecule has 1 aromatic carbocycles. The highest BCUT2D eigenvalue weighted by atomic mass is 19.1. The van der Waals surface area contributed by atoms with Crippen molar-refractivity contribution in [3.8, 4) is 0 Å². The Bertz CT molecular complexity index is 612. The van der Waals surface area contributed by atoms with Crippen LogP contribution >= 0.6 is 0 Å². The highest BCUT2D eigenvalue weighted by Gasteiger charge is 2.29. The number of aromatic nitrogens is 1. The van der Waals surface area contributed by atoms with E-state index in [0.717, 1.165) is 36.9 Å². The number of hydrogen-bond acceptors (Lipinski definition) is 3. The van der Waals surface area contributed by atoms with Gasteiger partial charge in [-0.1, -0.05) is 11.2 Å². The summed E-state index contributed by atoms with van der Waals surface area (Å²) in [5.41, 5.74) is 1.36. The summed E-state index contributed by atoms with van der Waals surface area (Å²) in [5, 5.41) is 3.91. The van der Waals surface area contributed by atoms with E-state index >= 15 is 0 Å². The molecule has 2 aromatic rings. The predicted molar refractivity (Wildman–Crippen MR) is 70.0 cm³/mol. The van der Waals surface area contributed by atoms with Crippen molar-refractivity contribution in [1.29, 1.82) is 0 Å². The fourth-order valence-corrected chi connectivity index (χ4v) is 2.75. The van der Waals surface area contributed by atoms with Crippen LogP contribution in [0.25, 0.3) is 0 Å². The molecule has 0 saturated carbocycles. The molecule has 106 valence electrons. The topological polar surface area (TPSA) is 29.3 Å². The van der Waals surface area contributed by atoms with Crippen LogP contribution in [0, 0.1) is 18.6 Å². The monoisotopic (exact) mass is 278 g/mol. The zero-order chi connectivity index (χ0) is 14.1. The van der Waals surface area contributed by atoms with E-state index in [1.807, 2.05) is 13.0 Å². The second-order valence-electron chi connectivity index (χ2n) is 5.23. The summed E-state index contributed by atoms with van der Waals surface area (Å²) in [5.74, 6) is -0.220. The third kappa shape index (κ3) is 2.58. The largest absolute Gasteiger partial charge is 0.359 e. The molecule has 0 spiro atoms. The molecule has 0 radical (unpaired) electrons. The summed E-state index contributed by atoms with van der Waals surface area (Å²) in [6, 6.07) is 5.78. The standard InChI is InChI=1S/C15H16F2N2O/c1-10-7-15(20-18-10)14-3-2-6-19(14)9-11-4-5-12(16)8-13(11)17/h4-5,7-8,14H,2-3,6,9H2,1H3/t14-/m1/s1. The van der Waals surface area contributed by atoms with Gasteiger partial charge in [-0.05, 0) is 32.4 Å². The van der Waals surface area contributed by atoms with Crippen molar-refractivity contribution in [2.24, 2.45) is 0 Å². The van der Waals surface area contributed by atoms with E-state index in [1.54, 1.807) is 0 Å². The maximum absolute atomic E-state index is 13.7. The number of aryl methyl sites for hydroxylation is 1. The fraction of sp³-hybridized carbons (Fsp3) is 0.400. The molecular formula is C15H16F2N2O. The molecular weight excluding hydrogens is 262 g/mol. The lowest BCUT2D eigenvalue weighted by Gasteiger charge is -2.22. The summed E-state index contributed by atoms with van der Waals surface area (Å²) < 4.78 is 32.0. The molecule has 1 fully saturated rings. The first-order valence-electron chi connectivity index (χ1n) is 6.74. The Morgan fingerprint density at radius 2 is 2.20 bits per heavy atom. The second kappa shape index (κ2) is 5.32.